The Balaban J connectivity index is 0.00000385. The average molecular weight is 910 g/mol. The van der Waals surface area contributed by atoms with Crippen LogP contribution >= 0.6 is 24.8 Å². The smallest absolute Gasteiger partial charge is 0.407 e. The number of H-pyrrole nitrogens is 2. The number of hydrogen-bond donors (Lipinski definition) is 4. The monoisotopic (exact) mass is 908 g/mol. The standard InChI is InChI=1S/C48H52N8O6.2ClH/c1-29(2)41(53-47(59)61-5)45(57)55-23-11-17-39(55)43-49-27-36(51-43)16-10-9-14-32-20-22-35(26-37(32)34-21-19-31-13-7-8-15-33(31)25-34)38-28-50-44(52-38)40-18-12-24-56(40)46(58)42(30(3)4)54-48(60)62-6;;/h7-8,13,15,19-22,25-30,39-42H,11-12,17-18,23-24H2,1-6H3,(H,49,51)(H,50,52)(H,53,59)(H,54,60);2*1H/t39?,40?,41-,42?;;/m0../s1. The van der Waals surface area contributed by atoms with Crippen LogP contribution in [-0.4, -0.2) is 93.1 Å². The van der Waals surface area contributed by atoms with Gasteiger partial charge in [-0.25, -0.2) is 19.6 Å². The van der Waals surface area contributed by atoms with E-state index in [0.29, 0.717) is 30.4 Å². The highest BCUT2D eigenvalue weighted by atomic mass is 35.5. The van der Waals surface area contributed by atoms with E-state index in [1.54, 1.807) is 22.2 Å². The summed E-state index contributed by atoms with van der Waals surface area (Å²) in [6.07, 6.45) is 5.25. The lowest BCUT2D eigenvalue weighted by Crippen LogP contribution is -2.51. The van der Waals surface area contributed by atoms with Crippen LogP contribution in [0.25, 0.3) is 33.2 Å². The Kier molecular flexibility index (Phi) is 16.5. The van der Waals surface area contributed by atoms with Crippen molar-refractivity contribution in [3.8, 4) is 46.1 Å². The summed E-state index contributed by atoms with van der Waals surface area (Å²) in [5.74, 6) is 13.1. The van der Waals surface area contributed by atoms with Crippen molar-refractivity contribution in [2.24, 2.45) is 11.8 Å². The zero-order chi connectivity index (χ0) is 43.9. The predicted octanol–water partition coefficient (Wildman–Crippen LogP) is 7.96. The number of aromatic nitrogens is 4. The maximum Gasteiger partial charge on any atom is 0.407 e. The molecule has 4 N–H and O–H groups in total. The first-order chi connectivity index (χ1) is 29.9. The lowest BCUT2D eigenvalue weighted by atomic mass is 9.95. The van der Waals surface area contributed by atoms with Crippen molar-refractivity contribution in [3.63, 3.8) is 0 Å². The molecule has 5 aromatic rings. The number of aromatic amines is 2. The van der Waals surface area contributed by atoms with Gasteiger partial charge in [-0.05, 0) is 95.4 Å². The normalized spacial score (nSPS) is 16.4. The third kappa shape index (κ3) is 10.8. The lowest BCUT2D eigenvalue weighted by Gasteiger charge is -2.30. The second-order valence-corrected chi connectivity index (χ2v) is 16.3. The van der Waals surface area contributed by atoms with E-state index in [2.05, 4.69) is 85.7 Å². The lowest BCUT2D eigenvalue weighted by molar-refractivity contribution is -0.136. The second-order valence-electron chi connectivity index (χ2n) is 16.3. The van der Waals surface area contributed by atoms with Gasteiger partial charge in [0.1, 0.15) is 29.4 Å². The van der Waals surface area contributed by atoms with Crippen LogP contribution in [0.4, 0.5) is 9.59 Å². The fourth-order valence-corrected chi connectivity index (χ4v) is 8.22. The molecule has 2 aromatic heterocycles. The van der Waals surface area contributed by atoms with Gasteiger partial charge in [0.15, 0.2) is 0 Å². The third-order valence-corrected chi connectivity index (χ3v) is 11.5. The van der Waals surface area contributed by atoms with E-state index in [4.69, 9.17) is 14.5 Å². The van der Waals surface area contributed by atoms with E-state index in [-0.39, 0.29) is 60.5 Å². The molecule has 0 radical (unpaired) electrons. The summed E-state index contributed by atoms with van der Waals surface area (Å²) >= 11 is 0. The summed E-state index contributed by atoms with van der Waals surface area (Å²) in [4.78, 5) is 71.0. The highest BCUT2D eigenvalue weighted by Crippen LogP contribution is 2.35. The van der Waals surface area contributed by atoms with Crippen molar-refractivity contribution < 1.29 is 28.7 Å². The van der Waals surface area contributed by atoms with Gasteiger partial charge in [-0.2, -0.15) is 0 Å². The van der Waals surface area contributed by atoms with Gasteiger partial charge < -0.3 is 39.9 Å². The quantitative estimate of drug-likeness (QED) is 0.102. The fourth-order valence-electron chi connectivity index (χ4n) is 8.22. The van der Waals surface area contributed by atoms with Crippen LogP contribution in [0.5, 0.6) is 0 Å². The van der Waals surface area contributed by atoms with Crippen LogP contribution < -0.4 is 10.6 Å². The largest absolute Gasteiger partial charge is 0.453 e. The number of carbonyl (C=O) groups is 4. The number of alkyl carbamates (subject to hydrolysis) is 2. The highest BCUT2D eigenvalue weighted by molar-refractivity contribution is 5.90. The van der Waals surface area contributed by atoms with Crippen molar-refractivity contribution in [1.29, 1.82) is 0 Å². The molecule has 3 unspecified atom stereocenters. The van der Waals surface area contributed by atoms with Crippen LogP contribution in [0.15, 0.2) is 73.1 Å². The number of ether oxygens (including phenoxy) is 2. The molecular formula is C48H54Cl2N8O6. The Morgan fingerprint density at radius 3 is 1.83 bits per heavy atom. The molecule has 4 atom stereocenters. The molecule has 2 aliphatic rings. The van der Waals surface area contributed by atoms with E-state index in [1.807, 2.05) is 52.0 Å². The van der Waals surface area contributed by atoms with E-state index in [1.165, 1.54) is 14.2 Å². The van der Waals surface area contributed by atoms with Crippen molar-refractivity contribution in [3.05, 3.63) is 96.0 Å². The van der Waals surface area contributed by atoms with Crippen molar-refractivity contribution >= 4 is 59.6 Å². The molecule has 4 heterocycles. The molecule has 14 nitrogen and oxygen atoms in total. The number of nitrogens with zero attached hydrogens (tertiary/aromatic N) is 4. The predicted molar refractivity (Wildman–Crippen MR) is 250 cm³/mol. The van der Waals surface area contributed by atoms with Crippen LogP contribution in [0.1, 0.15) is 88.4 Å². The molecule has 0 aliphatic carbocycles. The topological polar surface area (TPSA) is 175 Å². The number of carbonyl (C=O) groups excluding carboxylic acids is 4. The summed E-state index contributed by atoms with van der Waals surface area (Å²) < 4.78 is 9.55. The number of fused-ring (bicyclic) bond motifs is 1. The molecule has 2 aliphatic heterocycles. The molecule has 4 amide bonds. The van der Waals surface area contributed by atoms with Crippen molar-refractivity contribution in [2.75, 3.05) is 27.3 Å². The molecule has 3 aromatic carbocycles. The average Bonchev–Trinajstić information content (AvgIpc) is 4.13. The SMILES string of the molecule is COC(=O)NC(C(=O)N1CCCC1c1ncc(-c2ccc(C#CC#Cc3cnc(C4CCCN4C(=O)[C@@H](NC(=O)OC)C(C)C)[nH]3)c(-c3ccc4ccccc4c3)c2)[nH]1)C(C)C.Cl.Cl. The summed E-state index contributed by atoms with van der Waals surface area (Å²) in [6.45, 7) is 8.67. The number of nitrogens with one attached hydrogen (secondary N) is 4. The minimum absolute atomic E-state index is 0. The molecule has 2 fully saturated rings. The Hall–Kier alpha value is -6.48. The summed E-state index contributed by atoms with van der Waals surface area (Å²) in [5.41, 5.74) is 4.96. The number of amides is 4. The van der Waals surface area contributed by atoms with Gasteiger partial charge in [0.25, 0.3) is 0 Å². The third-order valence-electron chi connectivity index (χ3n) is 11.5. The van der Waals surface area contributed by atoms with Gasteiger partial charge in [-0.3, -0.25) is 9.59 Å². The Morgan fingerprint density at radius 1 is 0.688 bits per heavy atom. The first-order valence-corrected chi connectivity index (χ1v) is 21.0. The zero-order valence-corrected chi connectivity index (χ0v) is 38.3. The molecule has 336 valence electrons. The van der Waals surface area contributed by atoms with Crippen molar-refractivity contribution in [1.82, 2.24) is 40.4 Å². The molecule has 0 saturated carbocycles. The Labute approximate surface area is 385 Å². The van der Waals surface area contributed by atoms with Crippen LogP contribution in [0, 0.1) is 35.5 Å². The Bertz CT molecular complexity index is 2600. The van der Waals surface area contributed by atoms with Gasteiger partial charge in [-0.15, -0.1) is 24.8 Å². The maximum atomic E-state index is 13.7. The minimum Gasteiger partial charge on any atom is -0.453 e. The number of hydrogen-bond acceptors (Lipinski definition) is 8. The number of likely N-dealkylation sites (tertiary alicyclic amines) is 2. The maximum absolute atomic E-state index is 13.7. The summed E-state index contributed by atoms with van der Waals surface area (Å²) in [7, 11) is 2.56. The van der Waals surface area contributed by atoms with Gasteiger partial charge in [0.05, 0.1) is 44.4 Å². The van der Waals surface area contributed by atoms with Gasteiger partial charge in [0.2, 0.25) is 11.8 Å². The van der Waals surface area contributed by atoms with E-state index >= 15 is 0 Å². The van der Waals surface area contributed by atoms with E-state index in [0.717, 1.165) is 64.4 Å². The first-order valence-electron chi connectivity index (χ1n) is 21.0. The fraction of sp³-hybridized carbons (Fsp3) is 0.375. The minimum atomic E-state index is -0.723. The second kappa shape index (κ2) is 21.7. The molecule has 0 spiro atoms. The number of rotatable bonds is 10. The molecule has 0 bridgehead atoms. The Morgan fingerprint density at radius 2 is 1.23 bits per heavy atom. The summed E-state index contributed by atoms with van der Waals surface area (Å²) in [6, 6.07) is 18.6. The van der Waals surface area contributed by atoms with Crippen LogP contribution in [0.2, 0.25) is 0 Å². The first kappa shape index (κ1) is 48.6. The molecule has 7 rings (SSSR count). The van der Waals surface area contributed by atoms with E-state index in [9.17, 15) is 19.2 Å². The van der Waals surface area contributed by atoms with Crippen LogP contribution in [0.3, 0.4) is 0 Å². The van der Waals surface area contributed by atoms with Gasteiger partial charge in [0, 0.05) is 24.2 Å². The van der Waals surface area contributed by atoms with Gasteiger partial charge >= 0.3 is 12.2 Å². The molecule has 64 heavy (non-hydrogen) atoms. The highest BCUT2D eigenvalue weighted by Gasteiger charge is 2.39. The van der Waals surface area contributed by atoms with E-state index < -0.39 is 24.3 Å². The van der Waals surface area contributed by atoms with Crippen LogP contribution in [-0.2, 0) is 19.1 Å². The number of imidazole rings is 2. The van der Waals surface area contributed by atoms with Crippen molar-refractivity contribution in [2.45, 2.75) is 77.5 Å². The number of methoxy groups -OCH3 is 2. The molecule has 2 saturated heterocycles. The zero-order valence-electron chi connectivity index (χ0n) is 36.7. The molecule has 16 heteroatoms. The number of halogens is 2. The number of benzene rings is 3. The van der Waals surface area contributed by atoms with Gasteiger partial charge in [-0.1, -0.05) is 76.1 Å². The summed E-state index contributed by atoms with van der Waals surface area (Å²) in [5, 5.41) is 7.61. The molecular weight excluding hydrogens is 855 g/mol.